The number of hydrogen-bond acceptors (Lipinski definition) is 5. The predicted molar refractivity (Wildman–Crippen MR) is 98.0 cm³/mol. The first-order valence-corrected chi connectivity index (χ1v) is 9.11. The third-order valence-electron chi connectivity index (χ3n) is 5.89. The third kappa shape index (κ3) is 2.06. The summed E-state index contributed by atoms with van der Waals surface area (Å²) in [5.74, 6) is 1.42. The maximum absolute atomic E-state index is 4.72. The first-order valence-electron chi connectivity index (χ1n) is 9.11. The van der Waals surface area contributed by atoms with E-state index < -0.39 is 0 Å². The van der Waals surface area contributed by atoms with Crippen molar-refractivity contribution in [1.82, 2.24) is 29.0 Å². The fourth-order valence-corrected chi connectivity index (χ4v) is 4.31. The molecule has 1 spiro atoms. The van der Waals surface area contributed by atoms with Crippen molar-refractivity contribution in [2.45, 2.75) is 38.6 Å². The number of hydrogen-bond donors (Lipinski definition) is 1. The van der Waals surface area contributed by atoms with E-state index in [0.29, 0.717) is 17.2 Å². The van der Waals surface area contributed by atoms with Crippen LogP contribution < -0.4 is 5.32 Å². The van der Waals surface area contributed by atoms with E-state index in [2.05, 4.69) is 26.4 Å². The second kappa shape index (κ2) is 4.81. The number of imidazole rings is 1. The number of nitrogens with zero attached hydrogens (tertiary/aromatic N) is 6. The van der Waals surface area contributed by atoms with Gasteiger partial charge < -0.3 is 5.32 Å². The van der Waals surface area contributed by atoms with Gasteiger partial charge in [0, 0.05) is 48.2 Å². The molecule has 0 unspecified atom stereocenters. The molecule has 2 aliphatic rings. The molecule has 0 aromatic carbocycles. The molecule has 26 heavy (non-hydrogen) atoms. The number of nitrogens with one attached hydrogen (secondary N) is 1. The van der Waals surface area contributed by atoms with Crippen LogP contribution in [0.4, 0.5) is 5.95 Å². The van der Waals surface area contributed by atoms with Crippen LogP contribution in [-0.4, -0.2) is 35.0 Å². The van der Waals surface area contributed by atoms with Crippen molar-refractivity contribution < 1.29 is 0 Å². The highest BCUT2D eigenvalue weighted by Gasteiger charge is 2.53. The molecule has 4 aromatic heterocycles. The van der Waals surface area contributed by atoms with Gasteiger partial charge in [-0.05, 0) is 44.1 Å². The fourth-order valence-electron chi connectivity index (χ4n) is 4.31. The van der Waals surface area contributed by atoms with E-state index in [1.165, 1.54) is 25.7 Å². The summed E-state index contributed by atoms with van der Waals surface area (Å²) in [4.78, 5) is 13.3. The monoisotopic (exact) mass is 345 g/mol. The van der Waals surface area contributed by atoms with Crippen LogP contribution >= 0.6 is 0 Å². The van der Waals surface area contributed by atoms with Gasteiger partial charge in [0.2, 0.25) is 11.7 Å². The Morgan fingerprint density at radius 2 is 2.08 bits per heavy atom. The Labute approximate surface area is 150 Å². The molecular weight excluding hydrogens is 326 g/mol. The normalized spacial score (nSPS) is 18.5. The number of fused-ring (bicyclic) bond motifs is 2. The quantitative estimate of drug-likeness (QED) is 0.618. The highest BCUT2D eigenvalue weighted by Crippen LogP contribution is 2.61. The molecule has 1 N–H and O–H groups in total. The van der Waals surface area contributed by atoms with Gasteiger partial charge in [-0.2, -0.15) is 0 Å². The summed E-state index contributed by atoms with van der Waals surface area (Å²) in [7, 11) is 0. The first-order chi connectivity index (χ1) is 12.7. The molecule has 2 fully saturated rings. The molecule has 4 heterocycles. The maximum Gasteiger partial charge on any atom is 0.241 e. The standard InChI is InChI=1S/C19H19N7/c1-12-16-15(13-10-21-18-20-5-7-25(18)11-13)2-6-26(16)24-17(22-12)23-14-8-19(9-14)3-4-19/h2,5-7,10-11,14H,3-4,8-9H2,1H3,(H,23,24). The molecule has 2 aliphatic carbocycles. The van der Waals surface area contributed by atoms with E-state index >= 15 is 0 Å². The number of aromatic nitrogens is 6. The van der Waals surface area contributed by atoms with Crippen molar-refractivity contribution in [1.29, 1.82) is 0 Å². The van der Waals surface area contributed by atoms with Gasteiger partial charge in [0.1, 0.15) is 0 Å². The zero-order chi connectivity index (χ0) is 17.3. The molecule has 7 nitrogen and oxygen atoms in total. The van der Waals surface area contributed by atoms with Gasteiger partial charge in [-0.15, -0.1) is 5.10 Å². The Morgan fingerprint density at radius 3 is 2.92 bits per heavy atom. The Kier molecular flexibility index (Phi) is 2.63. The second-order valence-corrected chi connectivity index (χ2v) is 7.77. The van der Waals surface area contributed by atoms with Crippen molar-refractivity contribution in [3.63, 3.8) is 0 Å². The number of rotatable bonds is 3. The first kappa shape index (κ1) is 14.2. The predicted octanol–water partition coefficient (Wildman–Crippen LogP) is 3.10. The van der Waals surface area contributed by atoms with Crippen LogP contribution in [0.1, 0.15) is 31.4 Å². The fraction of sp³-hybridized carbons (Fsp3) is 0.368. The summed E-state index contributed by atoms with van der Waals surface area (Å²) >= 11 is 0. The molecule has 0 amide bonds. The van der Waals surface area contributed by atoms with E-state index in [9.17, 15) is 0 Å². The molecular formula is C19H19N7. The van der Waals surface area contributed by atoms with Gasteiger partial charge in [0.25, 0.3) is 0 Å². The summed E-state index contributed by atoms with van der Waals surface area (Å²) in [5.41, 5.74) is 4.77. The molecule has 0 atom stereocenters. The van der Waals surface area contributed by atoms with Crippen molar-refractivity contribution in [3.8, 4) is 11.1 Å². The molecule has 4 aromatic rings. The summed E-state index contributed by atoms with van der Waals surface area (Å²) in [6, 6.07) is 2.60. The molecule has 7 heteroatoms. The molecule has 0 saturated heterocycles. The lowest BCUT2D eigenvalue weighted by Gasteiger charge is -2.36. The largest absolute Gasteiger partial charge is 0.350 e. The summed E-state index contributed by atoms with van der Waals surface area (Å²) in [5, 5.41) is 8.19. The van der Waals surface area contributed by atoms with E-state index in [1.54, 1.807) is 6.20 Å². The smallest absolute Gasteiger partial charge is 0.241 e. The van der Waals surface area contributed by atoms with Crippen LogP contribution in [0.3, 0.4) is 0 Å². The SMILES string of the molecule is Cc1nc(NC2CC3(CC3)C2)nn2ccc(-c3cnc4nccn4c3)c12. The van der Waals surface area contributed by atoms with Gasteiger partial charge >= 0.3 is 0 Å². The minimum Gasteiger partial charge on any atom is -0.350 e. The van der Waals surface area contributed by atoms with Gasteiger partial charge in [-0.1, -0.05) is 0 Å². The van der Waals surface area contributed by atoms with Crippen LogP contribution in [0.25, 0.3) is 22.4 Å². The zero-order valence-corrected chi connectivity index (χ0v) is 14.6. The second-order valence-electron chi connectivity index (χ2n) is 7.77. The van der Waals surface area contributed by atoms with Crippen LogP contribution in [0.2, 0.25) is 0 Å². The molecule has 2 saturated carbocycles. The van der Waals surface area contributed by atoms with E-state index in [0.717, 1.165) is 28.3 Å². The number of anilines is 1. The average Bonchev–Trinajstić information content (AvgIpc) is 3.07. The van der Waals surface area contributed by atoms with E-state index in [4.69, 9.17) is 4.98 Å². The summed E-state index contributed by atoms with van der Waals surface area (Å²) < 4.78 is 3.85. The Bertz CT molecular complexity index is 1140. The summed E-state index contributed by atoms with van der Waals surface area (Å²) in [6.45, 7) is 2.04. The Hall–Kier alpha value is -2.96. The highest BCUT2D eigenvalue weighted by molar-refractivity contribution is 5.82. The van der Waals surface area contributed by atoms with Crippen molar-refractivity contribution in [3.05, 3.63) is 42.7 Å². The average molecular weight is 345 g/mol. The maximum atomic E-state index is 4.72. The van der Waals surface area contributed by atoms with Gasteiger partial charge in [-0.25, -0.2) is 19.5 Å². The van der Waals surface area contributed by atoms with E-state index in [1.807, 2.05) is 40.6 Å². The lowest BCUT2D eigenvalue weighted by Crippen LogP contribution is -2.37. The third-order valence-corrected chi connectivity index (χ3v) is 5.89. The van der Waals surface area contributed by atoms with Gasteiger partial charge in [-0.3, -0.25) is 4.40 Å². The molecule has 0 radical (unpaired) electrons. The van der Waals surface area contributed by atoms with Crippen LogP contribution in [0, 0.1) is 12.3 Å². The van der Waals surface area contributed by atoms with Crippen molar-refractivity contribution in [2.75, 3.05) is 5.32 Å². The van der Waals surface area contributed by atoms with Crippen LogP contribution in [0.5, 0.6) is 0 Å². The van der Waals surface area contributed by atoms with E-state index in [-0.39, 0.29) is 0 Å². The molecule has 0 bridgehead atoms. The van der Waals surface area contributed by atoms with Crippen LogP contribution in [-0.2, 0) is 0 Å². The number of aryl methyl sites for hydroxylation is 1. The highest BCUT2D eigenvalue weighted by atomic mass is 15.3. The Morgan fingerprint density at radius 1 is 1.19 bits per heavy atom. The molecule has 130 valence electrons. The van der Waals surface area contributed by atoms with Crippen LogP contribution in [0.15, 0.2) is 37.1 Å². The minimum absolute atomic E-state index is 0.525. The minimum atomic E-state index is 0.525. The van der Waals surface area contributed by atoms with Crippen molar-refractivity contribution in [2.24, 2.45) is 5.41 Å². The lowest BCUT2D eigenvalue weighted by molar-refractivity contribution is 0.255. The molecule has 0 aliphatic heterocycles. The van der Waals surface area contributed by atoms with Gasteiger partial charge in [0.15, 0.2) is 0 Å². The lowest BCUT2D eigenvalue weighted by atomic mass is 9.77. The topological polar surface area (TPSA) is 72.4 Å². The zero-order valence-electron chi connectivity index (χ0n) is 14.6. The summed E-state index contributed by atoms with van der Waals surface area (Å²) in [6.07, 6.45) is 14.9. The van der Waals surface area contributed by atoms with Crippen molar-refractivity contribution >= 4 is 17.2 Å². The Balaban J connectivity index is 1.37. The molecule has 6 rings (SSSR count). The van der Waals surface area contributed by atoms with Gasteiger partial charge in [0.05, 0.1) is 11.2 Å².